The van der Waals surface area contributed by atoms with E-state index < -0.39 is 0 Å². The molecule has 2 heteroatoms. The predicted octanol–water partition coefficient (Wildman–Crippen LogP) is 3.49. The van der Waals surface area contributed by atoms with E-state index in [2.05, 4.69) is 6.58 Å². The molecule has 0 heterocycles. The van der Waals surface area contributed by atoms with Crippen molar-refractivity contribution in [2.45, 2.75) is 13.8 Å². The molecule has 0 saturated heterocycles. The van der Waals surface area contributed by atoms with Crippen LogP contribution in [0.15, 0.2) is 24.8 Å². The van der Waals surface area contributed by atoms with Crippen molar-refractivity contribution >= 4 is 12.3 Å². The second-order valence-electron chi connectivity index (χ2n) is 2.13. The standard InChI is InChI=1S/C9H8FN.C2H6/c1-2-7-3-4-9(10)8(5-7)6-11;1-2/h2-6,11H,1H2;1-2H3. The zero-order valence-electron chi connectivity index (χ0n) is 7.97. The maximum absolute atomic E-state index is 12.7. The van der Waals surface area contributed by atoms with Crippen molar-refractivity contribution < 1.29 is 4.39 Å². The number of halogens is 1. The van der Waals surface area contributed by atoms with Crippen LogP contribution in [0.2, 0.25) is 0 Å². The third kappa shape index (κ3) is 3.20. The average Bonchev–Trinajstić information content (AvgIpc) is 2.22. The van der Waals surface area contributed by atoms with Crippen molar-refractivity contribution in [3.63, 3.8) is 0 Å². The van der Waals surface area contributed by atoms with Crippen molar-refractivity contribution in [1.82, 2.24) is 0 Å². The maximum Gasteiger partial charge on any atom is 0.131 e. The third-order valence-corrected chi connectivity index (χ3v) is 1.41. The molecule has 1 aromatic rings. The Morgan fingerprint density at radius 3 is 2.46 bits per heavy atom. The van der Waals surface area contributed by atoms with Gasteiger partial charge in [0.1, 0.15) is 5.82 Å². The van der Waals surface area contributed by atoms with Crippen LogP contribution in [0.1, 0.15) is 25.0 Å². The monoisotopic (exact) mass is 179 g/mol. The lowest BCUT2D eigenvalue weighted by atomic mass is 10.1. The smallest absolute Gasteiger partial charge is 0.131 e. The normalized spacial score (nSPS) is 8.23. The van der Waals surface area contributed by atoms with Crippen molar-refractivity contribution in [2.24, 2.45) is 0 Å². The largest absolute Gasteiger partial charge is 0.308 e. The van der Waals surface area contributed by atoms with Crippen LogP contribution in [0.3, 0.4) is 0 Å². The molecule has 1 rings (SSSR count). The van der Waals surface area contributed by atoms with Crippen LogP contribution >= 0.6 is 0 Å². The lowest BCUT2D eigenvalue weighted by molar-refractivity contribution is 0.626. The molecule has 0 bridgehead atoms. The summed E-state index contributed by atoms with van der Waals surface area (Å²) in [4.78, 5) is 0. The van der Waals surface area contributed by atoms with Crippen LogP contribution < -0.4 is 0 Å². The van der Waals surface area contributed by atoms with Gasteiger partial charge in [-0.3, -0.25) is 0 Å². The van der Waals surface area contributed by atoms with Gasteiger partial charge in [-0.2, -0.15) is 0 Å². The zero-order valence-corrected chi connectivity index (χ0v) is 7.97. The Bertz CT molecular complexity index is 292. The van der Waals surface area contributed by atoms with E-state index in [1.165, 1.54) is 6.07 Å². The second kappa shape index (κ2) is 6.12. The minimum absolute atomic E-state index is 0.294. The van der Waals surface area contributed by atoms with Gasteiger partial charge >= 0.3 is 0 Å². The van der Waals surface area contributed by atoms with Crippen molar-refractivity contribution in [2.75, 3.05) is 0 Å². The molecule has 1 N–H and O–H groups in total. The van der Waals surface area contributed by atoms with Crippen LogP contribution in [-0.2, 0) is 0 Å². The quantitative estimate of drug-likeness (QED) is 0.672. The van der Waals surface area contributed by atoms with E-state index in [-0.39, 0.29) is 5.82 Å². The van der Waals surface area contributed by atoms with E-state index in [1.54, 1.807) is 18.2 Å². The molecule has 0 aliphatic rings. The summed E-state index contributed by atoms with van der Waals surface area (Å²) in [5.41, 5.74) is 1.12. The van der Waals surface area contributed by atoms with Crippen LogP contribution in [0.4, 0.5) is 4.39 Å². The second-order valence-corrected chi connectivity index (χ2v) is 2.13. The lowest BCUT2D eigenvalue weighted by Crippen LogP contribution is -1.87. The molecule has 0 aliphatic carbocycles. The van der Waals surface area contributed by atoms with E-state index in [0.29, 0.717) is 5.56 Å². The SMILES string of the molecule is C=Cc1ccc(F)c(C=N)c1.CC. The minimum Gasteiger partial charge on any atom is -0.308 e. The predicted molar refractivity (Wildman–Crippen MR) is 55.7 cm³/mol. The molecule has 0 saturated carbocycles. The van der Waals surface area contributed by atoms with Gasteiger partial charge in [-0.1, -0.05) is 32.6 Å². The van der Waals surface area contributed by atoms with Gasteiger partial charge in [0.2, 0.25) is 0 Å². The zero-order chi connectivity index (χ0) is 10.3. The molecule has 0 aromatic heterocycles. The Hall–Kier alpha value is -1.44. The molecule has 1 nitrogen and oxygen atoms in total. The Kier molecular flexibility index (Phi) is 5.44. The van der Waals surface area contributed by atoms with Gasteiger partial charge < -0.3 is 5.41 Å². The van der Waals surface area contributed by atoms with Crippen LogP contribution in [0, 0.1) is 11.2 Å². The minimum atomic E-state index is -0.370. The van der Waals surface area contributed by atoms with Gasteiger partial charge in [-0.15, -0.1) is 0 Å². The van der Waals surface area contributed by atoms with E-state index >= 15 is 0 Å². The number of hydrogen-bond acceptors (Lipinski definition) is 1. The molecule has 0 aliphatic heterocycles. The molecular weight excluding hydrogens is 165 g/mol. The molecule has 70 valence electrons. The first-order valence-corrected chi connectivity index (χ1v) is 4.20. The summed E-state index contributed by atoms with van der Waals surface area (Å²) in [6.45, 7) is 7.54. The highest BCUT2D eigenvalue weighted by Gasteiger charge is 1.97. The molecule has 0 radical (unpaired) electrons. The first-order valence-electron chi connectivity index (χ1n) is 4.20. The summed E-state index contributed by atoms with van der Waals surface area (Å²) in [5, 5.41) is 6.86. The summed E-state index contributed by atoms with van der Waals surface area (Å²) in [6, 6.07) is 4.53. The topological polar surface area (TPSA) is 23.9 Å². The summed E-state index contributed by atoms with van der Waals surface area (Å²) in [5.74, 6) is -0.370. The molecule has 0 atom stereocenters. The molecule has 1 aromatic carbocycles. The van der Waals surface area contributed by atoms with Crippen LogP contribution in [0.25, 0.3) is 6.08 Å². The van der Waals surface area contributed by atoms with Crippen molar-refractivity contribution in [3.05, 3.63) is 41.7 Å². The molecular formula is C11H14FN. The summed E-state index contributed by atoms with van der Waals surface area (Å²) in [7, 11) is 0. The average molecular weight is 179 g/mol. The summed E-state index contributed by atoms with van der Waals surface area (Å²) >= 11 is 0. The van der Waals surface area contributed by atoms with Gasteiger partial charge in [0.05, 0.1) is 0 Å². The number of rotatable bonds is 2. The van der Waals surface area contributed by atoms with Crippen LogP contribution in [-0.4, -0.2) is 6.21 Å². The van der Waals surface area contributed by atoms with Gasteiger partial charge in [0.15, 0.2) is 0 Å². The summed E-state index contributed by atoms with van der Waals surface area (Å²) < 4.78 is 12.7. The van der Waals surface area contributed by atoms with E-state index in [4.69, 9.17) is 5.41 Å². The van der Waals surface area contributed by atoms with E-state index in [0.717, 1.165) is 11.8 Å². The fourth-order valence-corrected chi connectivity index (χ4v) is 0.800. The Morgan fingerprint density at radius 1 is 1.38 bits per heavy atom. The maximum atomic E-state index is 12.7. The fraction of sp³-hybridized carbons (Fsp3) is 0.182. The van der Waals surface area contributed by atoms with Gasteiger partial charge in [0.25, 0.3) is 0 Å². The number of hydrogen-bond donors (Lipinski definition) is 1. The van der Waals surface area contributed by atoms with Crippen LogP contribution in [0.5, 0.6) is 0 Å². The van der Waals surface area contributed by atoms with Gasteiger partial charge in [0, 0.05) is 11.8 Å². The summed E-state index contributed by atoms with van der Waals surface area (Å²) in [6.07, 6.45) is 2.61. The molecule has 0 spiro atoms. The molecule has 0 amide bonds. The van der Waals surface area contributed by atoms with Crippen molar-refractivity contribution in [3.8, 4) is 0 Å². The third-order valence-electron chi connectivity index (χ3n) is 1.41. The Morgan fingerprint density at radius 2 is 2.00 bits per heavy atom. The fourth-order valence-electron chi connectivity index (χ4n) is 0.800. The highest BCUT2D eigenvalue weighted by atomic mass is 19.1. The highest BCUT2D eigenvalue weighted by molar-refractivity contribution is 5.78. The lowest BCUT2D eigenvalue weighted by Gasteiger charge is -1.96. The molecule has 0 fully saturated rings. The highest BCUT2D eigenvalue weighted by Crippen LogP contribution is 2.08. The molecule has 13 heavy (non-hydrogen) atoms. The number of benzene rings is 1. The van der Waals surface area contributed by atoms with Gasteiger partial charge in [-0.25, -0.2) is 4.39 Å². The van der Waals surface area contributed by atoms with Gasteiger partial charge in [-0.05, 0) is 17.7 Å². The molecule has 0 unspecified atom stereocenters. The van der Waals surface area contributed by atoms with Crippen molar-refractivity contribution in [1.29, 1.82) is 5.41 Å². The van der Waals surface area contributed by atoms with E-state index in [9.17, 15) is 4.39 Å². The Labute approximate surface area is 78.4 Å². The Balaban J connectivity index is 0.000000671. The first-order chi connectivity index (χ1) is 6.27. The first kappa shape index (κ1) is 11.6. The van der Waals surface area contributed by atoms with E-state index in [1.807, 2.05) is 13.8 Å². The number of nitrogens with one attached hydrogen (secondary N) is 1.